The number of rotatable bonds is 6. The van der Waals surface area contributed by atoms with Crippen molar-refractivity contribution in [2.45, 2.75) is 51.1 Å². The van der Waals surface area contributed by atoms with Crippen LogP contribution in [0.4, 0.5) is 10.5 Å². The molecule has 1 aliphatic carbocycles. The molecule has 0 bridgehead atoms. The molecule has 1 aromatic heterocycles. The predicted octanol–water partition coefficient (Wildman–Crippen LogP) is 3.21. The lowest BCUT2D eigenvalue weighted by Gasteiger charge is -2.35. The number of sulfonamides is 1. The molecule has 1 aromatic carbocycles. The first-order chi connectivity index (χ1) is 15.9. The van der Waals surface area contributed by atoms with Crippen molar-refractivity contribution in [3.05, 3.63) is 30.1 Å². The Kier molecular flexibility index (Phi) is 5.82. The Balaban J connectivity index is 1.49. The molecule has 0 unspecified atom stereocenters. The number of nitrogens with zero attached hydrogens (tertiary/aromatic N) is 4. The largest absolute Gasteiger partial charge is 0.491 e. The van der Waals surface area contributed by atoms with Crippen molar-refractivity contribution in [2.24, 2.45) is 0 Å². The van der Waals surface area contributed by atoms with Gasteiger partial charge in [-0.15, -0.1) is 0 Å². The van der Waals surface area contributed by atoms with Gasteiger partial charge in [-0.1, -0.05) is 0 Å². The summed E-state index contributed by atoms with van der Waals surface area (Å²) in [5.41, 5.74) is 3.59. The highest BCUT2D eigenvalue weighted by Crippen LogP contribution is 2.44. The van der Waals surface area contributed by atoms with E-state index >= 15 is 0 Å². The van der Waals surface area contributed by atoms with Gasteiger partial charge < -0.3 is 9.47 Å². The summed E-state index contributed by atoms with van der Waals surface area (Å²) in [7, 11) is -1.79. The van der Waals surface area contributed by atoms with Crippen LogP contribution in [0, 0.1) is 0 Å². The van der Waals surface area contributed by atoms with E-state index < -0.39 is 16.1 Å². The minimum atomic E-state index is -3.18. The van der Waals surface area contributed by atoms with Crippen LogP contribution in [-0.2, 0) is 21.2 Å². The number of benzene rings is 1. The van der Waals surface area contributed by atoms with Crippen LogP contribution in [0.1, 0.15) is 44.2 Å². The van der Waals surface area contributed by atoms with Crippen molar-refractivity contribution in [3.8, 4) is 16.9 Å². The Morgan fingerprint density at radius 2 is 2.06 bits per heavy atom. The average molecular weight is 475 g/mol. The second-order valence-corrected chi connectivity index (χ2v) is 11.1. The van der Waals surface area contributed by atoms with Crippen LogP contribution < -0.4 is 9.64 Å². The van der Waals surface area contributed by atoms with Gasteiger partial charge in [0.1, 0.15) is 12.4 Å². The first kappa shape index (κ1) is 22.2. The standard InChI is InChI=1S/C23H30N4O5S/c1-16-4-7-20-21(27(16)23(28)31-2)9-8-19(17-14-24-26(15-17)18-5-6-18)22(20)32-12-11-25-10-3-13-33(25,29)30/h8-9,14-16,18H,3-7,10-13H2,1-2H3/t16-/m0/s1. The number of fused-ring (bicyclic) bond motifs is 1. The van der Waals surface area contributed by atoms with E-state index in [2.05, 4.69) is 5.10 Å². The third-order valence-corrected chi connectivity index (χ3v) is 8.70. The monoisotopic (exact) mass is 474 g/mol. The summed E-state index contributed by atoms with van der Waals surface area (Å²) in [4.78, 5) is 14.2. The first-order valence-electron chi connectivity index (χ1n) is 11.6. The van der Waals surface area contributed by atoms with Crippen molar-refractivity contribution >= 4 is 21.8 Å². The van der Waals surface area contributed by atoms with Crippen LogP contribution in [0.2, 0.25) is 0 Å². The number of anilines is 1. The molecule has 2 aliphatic heterocycles. The highest BCUT2D eigenvalue weighted by Gasteiger charge is 2.33. The molecular weight excluding hydrogens is 444 g/mol. The molecule has 0 N–H and O–H groups in total. The van der Waals surface area contributed by atoms with E-state index in [4.69, 9.17) is 9.47 Å². The van der Waals surface area contributed by atoms with Crippen molar-refractivity contribution in [1.82, 2.24) is 14.1 Å². The lowest BCUT2D eigenvalue weighted by molar-refractivity contribution is 0.175. The number of ether oxygens (including phenoxy) is 2. The molecule has 0 spiro atoms. The number of hydrogen-bond donors (Lipinski definition) is 0. The van der Waals surface area contributed by atoms with Gasteiger partial charge in [0.15, 0.2) is 0 Å². The summed E-state index contributed by atoms with van der Waals surface area (Å²) in [5, 5.41) is 4.53. The van der Waals surface area contributed by atoms with Crippen LogP contribution >= 0.6 is 0 Å². The van der Waals surface area contributed by atoms with Crippen LogP contribution in [-0.4, -0.2) is 67.2 Å². The van der Waals surface area contributed by atoms with Gasteiger partial charge in [0.25, 0.3) is 0 Å². The molecule has 10 heteroatoms. The molecule has 9 nitrogen and oxygen atoms in total. The minimum absolute atomic E-state index is 0.0102. The van der Waals surface area contributed by atoms with Gasteiger partial charge in [-0.2, -0.15) is 9.40 Å². The summed E-state index contributed by atoms with van der Waals surface area (Å²) < 4.78 is 39.2. The van der Waals surface area contributed by atoms with Gasteiger partial charge in [0, 0.05) is 42.0 Å². The molecule has 5 rings (SSSR count). The van der Waals surface area contributed by atoms with E-state index in [0.29, 0.717) is 31.3 Å². The second-order valence-electron chi connectivity index (χ2n) is 9.02. The molecule has 1 amide bonds. The highest BCUT2D eigenvalue weighted by molar-refractivity contribution is 7.89. The topological polar surface area (TPSA) is 94.0 Å². The van der Waals surface area contributed by atoms with Crippen molar-refractivity contribution in [1.29, 1.82) is 0 Å². The van der Waals surface area contributed by atoms with Gasteiger partial charge in [-0.3, -0.25) is 9.58 Å². The number of aromatic nitrogens is 2. The van der Waals surface area contributed by atoms with Crippen LogP contribution in [0.3, 0.4) is 0 Å². The summed E-state index contributed by atoms with van der Waals surface area (Å²) >= 11 is 0. The number of carbonyl (C=O) groups excluding carboxylic acids is 1. The van der Waals surface area contributed by atoms with Crippen LogP contribution in [0.15, 0.2) is 24.5 Å². The molecule has 3 aliphatic rings. The van der Waals surface area contributed by atoms with Crippen molar-refractivity contribution in [2.75, 3.05) is 37.5 Å². The molecule has 3 heterocycles. The zero-order valence-electron chi connectivity index (χ0n) is 19.1. The summed E-state index contributed by atoms with van der Waals surface area (Å²) in [5.74, 6) is 0.894. The smallest absolute Gasteiger partial charge is 0.414 e. The fraction of sp³-hybridized carbons (Fsp3) is 0.565. The molecule has 1 saturated carbocycles. The third kappa shape index (κ3) is 4.21. The Labute approximate surface area is 194 Å². The summed E-state index contributed by atoms with van der Waals surface area (Å²) in [6, 6.07) is 4.39. The lowest BCUT2D eigenvalue weighted by Crippen LogP contribution is -2.42. The fourth-order valence-corrected chi connectivity index (χ4v) is 6.29. The molecular formula is C23H30N4O5S. The van der Waals surface area contributed by atoms with Crippen molar-refractivity contribution in [3.63, 3.8) is 0 Å². The van der Waals surface area contributed by atoms with Gasteiger partial charge >= 0.3 is 6.09 Å². The average Bonchev–Trinajstić information content (AvgIpc) is 3.43. The minimum Gasteiger partial charge on any atom is -0.491 e. The van der Waals surface area contributed by atoms with E-state index in [0.717, 1.165) is 48.1 Å². The SMILES string of the molecule is COC(=O)N1c2ccc(-c3cnn(C4CC4)c3)c(OCCN3CCCS3(=O)=O)c2CC[C@@H]1C. The van der Waals surface area contributed by atoms with E-state index in [9.17, 15) is 13.2 Å². The van der Waals surface area contributed by atoms with Gasteiger partial charge in [-0.05, 0) is 51.2 Å². The maximum atomic E-state index is 12.5. The van der Waals surface area contributed by atoms with E-state index in [-0.39, 0.29) is 18.4 Å². The third-order valence-electron chi connectivity index (χ3n) is 6.74. The number of methoxy groups -OCH3 is 1. The summed E-state index contributed by atoms with van der Waals surface area (Å²) in [6.07, 6.45) is 7.97. The number of hydrogen-bond acceptors (Lipinski definition) is 6. The number of carbonyl (C=O) groups is 1. The first-order valence-corrected chi connectivity index (χ1v) is 13.2. The molecule has 33 heavy (non-hydrogen) atoms. The maximum absolute atomic E-state index is 12.5. The molecule has 2 fully saturated rings. The predicted molar refractivity (Wildman–Crippen MR) is 124 cm³/mol. The molecule has 0 radical (unpaired) electrons. The van der Waals surface area contributed by atoms with Crippen LogP contribution in [0.5, 0.6) is 5.75 Å². The lowest BCUT2D eigenvalue weighted by atomic mass is 9.92. The highest BCUT2D eigenvalue weighted by atomic mass is 32.2. The maximum Gasteiger partial charge on any atom is 0.414 e. The normalized spacial score (nSPS) is 22.2. The van der Waals surface area contributed by atoms with Crippen molar-refractivity contribution < 1.29 is 22.7 Å². The molecule has 1 saturated heterocycles. The van der Waals surface area contributed by atoms with Crippen LogP contribution in [0.25, 0.3) is 11.1 Å². The van der Waals surface area contributed by atoms with Gasteiger partial charge in [-0.25, -0.2) is 13.2 Å². The van der Waals surface area contributed by atoms with E-state index in [1.165, 1.54) is 11.4 Å². The zero-order valence-corrected chi connectivity index (χ0v) is 19.9. The second kappa shape index (κ2) is 8.64. The van der Waals surface area contributed by atoms with E-state index in [1.807, 2.05) is 36.1 Å². The molecule has 2 aromatic rings. The zero-order chi connectivity index (χ0) is 23.2. The van der Waals surface area contributed by atoms with Gasteiger partial charge in [0.05, 0.1) is 30.8 Å². The Hall–Kier alpha value is -2.59. The Morgan fingerprint density at radius 3 is 2.76 bits per heavy atom. The van der Waals surface area contributed by atoms with E-state index in [1.54, 1.807) is 4.90 Å². The Morgan fingerprint density at radius 1 is 1.24 bits per heavy atom. The van der Waals surface area contributed by atoms with Gasteiger partial charge in [0.2, 0.25) is 10.0 Å². The molecule has 1 atom stereocenters. The number of amides is 1. The Bertz CT molecular complexity index is 1160. The molecule has 178 valence electrons. The fourth-order valence-electron chi connectivity index (χ4n) is 4.78. The summed E-state index contributed by atoms with van der Waals surface area (Å²) in [6.45, 7) is 3.09. The quantitative estimate of drug-likeness (QED) is 0.638.